The van der Waals surface area contributed by atoms with Gasteiger partial charge in [-0.2, -0.15) is 0 Å². The van der Waals surface area contributed by atoms with Gasteiger partial charge in [-0.1, -0.05) is 55.7 Å². The molecule has 2 aromatic carbocycles. The molecule has 0 aliphatic heterocycles. The third-order valence-electron chi connectivity index (χ3n) is 4.51. The maximum Gasteiger partial charge on any atom is 0.262 e. The molecule has 0 saturated heterocycles. The number of amides is 1. The number of carbonyl (C=O) groups is 1. The lowest BCUT2D eigenvalue weighted by Gasteiger charge is -2.08. The number of hydrogen-bond donors (Lipinski definition) is 4. The van der Waals surface area contributed by atoms with Crippen LogP contribution in [0.2, 0.25) is 0 Å². The number of nitrogen functional groups attached to an aromatic ring is 1. The molecule has 0 atom stereocenters. The van der Waals surface area contributed by atoms with Crippen LogP contribution in [0.3, 0.4) is 0 Å². The van der Waals surface area contributed by atoms with Crippen LogP contribution >= 0.6 is 12.6 Å². The molecule has 5 nitrogen and oxygen atoms in total. The first-order valence-electron chi connectivity index (χ1n) is 10.3. The summed E-state index contributed by atoms with van der Waals surface area (Å²) in [7, 11) is 0. The summed E-state index contributed by atoms with van der Waals surface area (Å²) in [5.41, 5.74) is 8.87. The van der Waals surface area contributed by atoms with E-state index in [1.807, 2.05) is 42.5 Å². The number of ether oxygens (including phenoxy) is 1. The van der Waals surface area contributed by atoms with Crippen molar-refractivity contribution in [3.8, 4) is 5.75 Å². The van der Waals surface area contributed by atoms with Crippen molar-refractivity contribution in [2.75, 3.05) is 6.61 Å². The predicted octanol–water partition coefficient (Wildman–Crippen LogP) is 4.85. The number of nitrogens with two attached hydrogens (primary N) is 1. The lowest BCUT2D eigenvalue weighted by Crippen LogP contribution is -2.27. The zero-order valence-electron chi connectivity index (χ0n) is 17.3. The van der Waals surface area contributed by atoms with Crippen LogP contribution in [0, 0.1) is 5.41 Å². The summed E-state index contributed by atoms with van der Waals surface area (Å²) < 4.78 is 5.48. The summed E-state index contributed by atoms with van der Waals surface area (Å²) in [6.45, 7) is -0.107. The Balaban J connectivity index is 0.000000834. The van der Waals surface area contributed by atoms with Crippen LogP contribution in [-0.2, 0) is 4.79 Å². The van der Waals surface area contributed by atoms with Crippen molar-refractivity contribution in [3.05, 3.63) is 89.7 Å². The summed E-state index contributed by atoms with van der Waals surface area (Å²) in [6.07, 6.45) is 13.1. The zero-order valence-corrected chi connectivity index (χ0v) is 18.2. The van der Waals surface area contributed by atoms with Gasteiger partial charge in [-0.3, -0.25) is 10.2 Å². The van der Waals surface area contributed by atoms with Crippen LogP contribution in [0.5, 0.6) is 5.75 Å². The second kappa shape index (κ2) is 11.2. The fraction of sp³-hybridized carbons (Fsp3) is 0.200. The first kappa shape index (κ1) is 22.4. The van der Waals surface area contributed by atoms with Gasteiger partial charge in [0.2, 0.25) is 0 Å². The van der Waals surface area contributed by atoms with Crippen LogP contribution in [0.4, 0.5) is 0 Å². The van der Waals surface area contributed by atoms with Gasteiger partial charge in [-0.25, -0.2) is 0 Å². The van der Waals surface area contributed by atoms with E-state index < -0.39 is 0 Å². The van der Waals surface area contributed by atoms with Gasteiger partial charge in [-0.05, 0) is 54.0 Å². The second-order valence-electron chi connectivity index (χ2n) is 7.24. The molecular weight excluding hydrogens is 406 g/mol. The Bertz CT molecular complexity index is 1020. The second-order valence-corrected chi connectivity index (χ2v) is 7.72. The third kappa shape index (κ3) is 7.50. The summed E-state index contributed by atoms with van der Waals surface area (Å²) in [4.78, 5) is 13.1. The molecule has 0 spiro atoms. The van der Waals surface area contributed by atoms with E-state index in [1.54, 1.807) is 24.3 Å². The van der Waals surface area contributed by atoms with Gasteiger partial charge in [0.25, 0.3) is 5.91 Å². The number of carbonyl (C=O) groups excluding carboxylic acids is 1. The minimum Gasteiger partial charge on any atom is -0.484 e. The monoisotopic (exact) mass is 433 g/mol. The van der Waals surface area contributed by atoms with Gasteiger partial charge >= 0.3 is 0 Å². The highest BCUT2D eigenvalue weighted by Gasteiger charge is 2.08. The number of benzene rings is 2. The molecule has 0 unspecified atom stereocenters. The SMILES string of the molecule is C1CC1.N=C(N)c1ccc(OCC(=O)NC2=CCC=C(c3ccccc3S)C=C2)cc1. The van der Waals surface area contributed by atoms with E-state index in [0.29, 0.717) is 17.7 Å². The van der Waals surface area contributed by atoms with E-state index >= 15 is 0 Å². The van der Waals surface area contributed by atoms with Gasteiger partial charge in [0.15, 0.2) is 6.61 Å². The molecule has 6 heteroatoms. The van der Waals surface area contributed by atoms with Gasteiger partial charge < -0.3 is 15.8 Å². The molecule has 0 radical (unpaired) electrons. The van der Waals surface area contributed by atoms with Crippen LogP contribution in [0.1, 0.15) is 36.8 Å². The average Bonchev–Trinajstić information content (AvgIpc) is 3.64. The highest BCUT2D eigenvalue weighted by atomic mass is 32.1. The number of allylic oxidation sites excluding steroid dienone is 5. The molecule has 2 aliphatic carbocycles. The summed E-state index contributed by atoms with van der Waals surface area (Å²) >= 11 is 4.50. The van der Waals surface area contributed by atoms with Crippen molar-refractivity contribution >= 4 is 29.9 Å². The Morgan fingerprint density at radius 3 is 2.39 bits per heavy atom. The van der Waals surface area contributed by atoms with Crippen molar-refractivity contribution in [3.63, 3.8) is 0 Å². The molecule has 4 N–H and O–H groups in total. The van der Waals surface area contributed by atoms with Crippen molar-refractivity contribution in [1.82, 2.24) is 5.32 Å². The highest BCUT2D eigenvalue weighted by Crippen LogP contribution is 2.25. The van der Waals surface area contributed by atoms with E-state index in [0.717, 1.165) is 21.7 Å². The molecule has 1 saturated carbocycles. The number of thiol groups is 1. The van der Waals surface area contributed by atoms with Crippen LogP contribution in [0.25, 0.3) is 5.57 Å². The minimum absolute atomic E-state index is 0.00935. The van der Waals surface area contributed by atoms with Gasteiger partial charge in [0.1, 0.15) is 11.6 Å². The fourth-order valence-electron chi connectivity index (χ4n) is 2.72. The lowest BCUT2D eigenvalue weighted by atomic mass is 10.0. The van der Waals surface area contributed by atoms with E-state index in [4.69, 9.17) is 15.9 Å². The fourth-order valence-corrected chi connectivity index (χ4v) is 3.01. The maximum atomic E-state index is 12.2. The van der Waals surface area contributed by atoms with E-state index in [2.05, 4.69) is 24.0 Å². The van der Waals surface area contributed by atoms with Crippen molar-refractivity contribution in [1.29, 1.82) is 5.41 Å². The maximum absolute atomic E-state index is 12.2. The molecule has 160 valence electrons. The largest absolute Gasteiger partial charge is 0.484 e. The lowest BCUT2D eigenvalue weighted by molar-refractivity contribution is -0.122. The molecule has 2 aromatic rings. The zero-order chi connectivity index (χ0) is 22.1. The Labute approximate surface area is 188 Å². The number of nitrogens with one attached hydrogen (secondary N) is 2. The molecular formula is C25H27N3O2S. The standard InChI is InChI=1S/C22H21N3O2S.C3H6/c23-22(24)16-9-12-18(13-10-16)27-14-21(26)25-17-5-3-4-15(8-11-17)19-6-1-2-7-20(19)28;1-2-3-1/h1-2,4-13,28H,3,14H2,(H3,23,24)(H,25,26);1-3H2. The molecule has 2 aliphatic rings. The number of amidine groups is 1. The molecule has 1 amide bonds. The Kier molecular flexibility index (Phi) is 8.12. The first-order chi connectivity index (χ1) is 15.0. The minimum atomic E-state index is -0.246. The van der Waals surface area contributed by atoms with E-state index in [1.165, 1.54) is 19.3 Å². The average molecular weight is 434 g/mol. The summed E-state index contributed by atoms with van der Waals surface area (Å²) in [6, 6.07) is 14.6. The third-order valence-corrected chi connectivity index (χ3v) is 4.90. The number of rotatable bonds is 6. The normalized spacial score (nSPS) is 14.2. The van der Waals surface area contributed by atoms with E-state index in [9.17, 15) is 4.79 Å². The molecule has 4 rings (SSSR count). The quantitative estimate of drug-likeness (QED) is 0.298. The predicted molar refractivity (Wildman–Crippen MR) is 128 cm³/mol. The van der Waals surface area contributed by atoms with Crippen molar-refractivity contribution in [2.24, 2.45) is 5.73 Å². The molecule has 31 heavy (non-hydrogen) atoms. The van der Waals surface area contributed by atoms with Gasteiger partial charge in [0.05, 0.1) is 0 Å². The molecule has 0 heterocycles. The smallest absolute Gasteiger partial charge is 0.262 e. The van der Waals surface area contributed by atoms with Crippen molar-refractivity contribution in [2.45, 2.75) is 30.6 Å². The molecule has 0 aromatic heterocycles. The summed E-state index contributed by atoms with van der Waals surface area (Å²) in [5.74, 6) is 0.286. The van der Waals surface area contributed by atoms with E-state index in [-0.39, 0.29) is 18.3 Å². The Hall–Kier alpha value is -3.25. The topological polar surface area (TPSA) is 88.2 Å². The van der Waals surface area contributed by atoms with Crippen LogP contribution in [-0.4, -0.2) is 18.3 Å². The van der Waals surface area contributed by atoms with Crippen LogP contribution in [0.15, 0.2) is 83.4 Å². The Morgan fingerprint density at radius 1 is 1.03 bits per heavy atom. The molecule has 1 fully saturated rings. The van der Waals surface area contributed by atoms with Gasteiger partial charge in [-0.15, -0.1) is 12.6 Å². The highest BCUT2D eigenvalue weighted by molar-refractivity contribution is 7.80. The van der Waals surface area contributed by atoms with Crippen molar-refractivity contribution < 1.29 is 9.53 Å². The first-order valence-corrected chi connectivity index (χ1v) is 10.7. The van der Waals surface area contributed by atoms with Crippen LogP contribution < -0.4 is 15.8 Å². The summed E-state index contributed by atoms with van der Waals surface area (Å²) in [5, 5.41) is 10.2. The molecule has 0 bridgehead atoms. The number of hydrogen-bond acceptors (Lipinski definition) is 4. The van der Waals surface area contributed by atoms with Gasteiger partial charge in [0, 0.05) is 16.2 Å². The Morgan fingerprint density at radius 2 is 1.74 bits per heavy atom.